The van der Waals surface area contributed by atoms with Crippen LogP contribution in [0.1, 0.15) is 40.0 Å². The number of carboxylic acids is 1. The lowest BCUT2D eigenvalue weighted by Crippen LogP contribution is -2.57. The molecule has 2 aliphatic heterocycles. The number of urea groups is 1. The van der Waals surface area contributed by atoms with E-state index in [2.05, 4.69) is 5.32 Å². The summed E-state index contributed by atoms with van der Waals surface area (Å²) < 4.78 is 5.26. The fourth-order valence-corrected chi connectivity index (χ4v) is 3.13. The van der Waals surface area contributed by atoms with Gasteiger partial charge >= 0.3 is 12.0 Å². The maximum atomic E-state index is 12.5. The molecular weight excluding hydrogens is 260 g/mol. The second kappa shape index (κ2) is 5.60. The summed E-state index contributed by atoms with van der Waals surface area (Å²) in [5.41, 5.74) is -1.04. The molecule has 0 spiro atoms. The lowest BCUT2D eigenvalue weighted by Gasteiger charge is -2.40. The van der Waals surface area contributed by atoms with Crippen LogP contribution in [0.4, 0.5) is 4.79 Å². The first-order valence-electron chi connectivity index (χ1n) is 7.26. The van der Waals surface area contributed by atoms with Gasteiger partial charge in [0.25, 0.3) is 0 Å². The summed E-state index contributed by atoms with van der Waals surface area (Å²) in [7, 11) is 0. The second-order valence-corrected chi connectivity index (χ2v) is 6.28. The average molecular weight is 284 g/mol. The molecule has 2 N–H and O–H groups in total. The Morgan fingerprint density at radius 2 is 1.90 bits per heavy atom. The summed E-state index contributed by atoms with van der Waals surface area (Å²) in [6.45, 7) is 6.09. The minimum atomic E-state index is -1.04. The number of carboxylic acid groups (broad SMARTS) is 1. The first-order valence-corrected chi connectivity index (χ1v) is 7.26. The number of hydrogen-bond acceptors (Lipinski definition) is 3. The van der Waals surface area contributed by atoms with E-state index in [0.717, 1.165) is 19.3 Å². The zero-order chi connectivity index (χ0) is 14.9. The predicted molar refractivity (Wildman–Crippen MR) is 73.5 cm³/mol. The highest BCUT2D eigenvalue weighted by Crippen LogP contribution is 2.30. The number of carbonyl (C=O) groups is 2. The molecule has 6 nitrogen and oxygen atoms in total. The molecule has 0 aliphatic carbocycles. The molecule has 0 aromatic heterocycles. The maximum Gasteiger partial charge on any atom is 0.318 e. The van der Waals surface area contributed by atoms with E-state index in [4.69, 9.17) is 4.74 Å². The summed E-state index contributed by atoms with van der Waals surface area (Å²) in [4.78, 5) is 25.7. The summed E-state index contributed by atoms with van der Waals surface area (Å²) in [5, 5.41) is 12.2. The Morgan fingerprint density at radius 1 is 1.30 bits per heavy atom. The molecule has 0 radical (unpaired) electrons. The number of ether oxygens (including phenoxy) is 1. The molecule has 6 heteroatoms. The van der Waals surface area contributed by atoms with Gasteiger partial charge in [0.2, 0.25) is 0 Å². The number of piperidine rings is 1. The van der Waals surface area contributed by atoms with Gasteiger partial charge in [0, 0.05) is 12.1 Å². The zero-order valence-corrected chi connectivity index (χ0v) is 12.4. The van der Waals surface area contributed by atoms with Crippen molar-refractivity contribution in [1.82, 2.24) is 10.2 Å². The topological polar surface area (TPSA) is 78.9 Å². The maximum absolute atomic E-state index is 12.5. The van der Waals surface area contributed by atoms with E-state index in [1.165, 1.54) is 0 Å². The van der Waals surface area contributed by atoms with Gasteiger partial charge in [-0.25, -0.2) is 4.79 Å². The standard InChI is InChI=1S/C14H24N2O4/c1-9-5-4-6-10(2)16(9)13(19)15-11-7-20-8-14(11,3)12(17)18/h9-11H,4-8H2,1-3H3,(H,15,19)(H,17,18)/t9-,10+,11?,14?. The molecular formula is C14H24N2O4. The van der Waals surface area contributed by atoms with Crippen LogP contribution in [-0.2, 0) is 9.53 Å². The molecule has 0 aromatic carbocycles. The number of nitrogens with one attached hydrogen (secondary N) is 1. The van der Waals surface area contributed by atoms with Crippen LogP contribution in [0.3, 0.4) is 0 Å². The molecule has 20 heavy (non-hydrogen) atoms. The number of amides is 2. The number of hydrogen-bond donors (Lipinski definition) is 2. The monoisotopic (exact) mass is 284 g/mol. The first-order chi connectivity index (χ1) is 9.36. The largest absolute Gasteiger partial charge is 0.481 e. The molecule has 114 valence electrons. The molecule has 2 rings (SSSR count). The van der Waals surface area contributed by atoms with E-state index in [-0.39, 0.29) is 31.3 Å². The predicted octanol–water partition coefficient (Wildman–Crippen LogP) is 1.45. The van der Waals surface area contributed by atoms with Crippen molar-refractivity contribution in [3.63, 3.8) is 0 Å². The van der Waals surface area contributed by atoms with E-state index < -0.39 is 17.4 Å². The van der Waals surface area contributed by atoms with Gasteiger partial charge in [-0.1, -0.05) is 0 Å². The Bertz CT molecular complexity index is 391. The van der Waals surface area contributed by atoms with Gasteiger partial charge in [0.1, 0.15) is 5.41 Å². The third kappa shape index (κ3) is 2.61. The second-order valence-electron chi connectivity index (χ2n) is 6.28. The number of nitrogens with zero attached hydrogens (tertiary/aromatic N) is 1. The van der Waals surface area contributed by atoms with Gasteiger partial charge in [0.05, 0.1) is 19.3 Å². The summed E-state index contributed by atoms with van der Waals surface area (Å²) >= 11 is 0. The number of aliphatic carboxylic acids is 1. The van der Waals surface area contributed by atoms with Crippen LogP contribution in [-0.4, -0.2) is 53.3 Å². The van der Waals surface area contributed by atoms with E-state index in [0.29, 0.717) is 0 Å². The minimum Gasteiger partial charge on any atom is -0.481 e. The van der Waals surface area contributed by atoms with Crippen molar-refractivity contribution < 1.29 is 19.4 Å². The molecule has 2 heterocycles. The van der Waals surface area contributed by atoms with Crippen molar-refractivity contribution >= 4 is 12.0 Å². The van der Waals surface area contributed by atoms with Crippen LogP contribution >= 0.6 is 0 Å². The first kappa shape index (κ1) is 15.1. The highest BCUT2D eigenvalue weighted by molar-refractivity contribution is 5.79. The van der Waals surface area contributed by atoms with Gasteiger partial charge in [-0.15, -0.1) is 0 Å². The Kier molecular flexibility index (Phi) is 4.22. The van der Waals surface area contributed by atoms with Gasteiger partial charge in [0.15, 0.2) is 0 Å². The quantitative estimate of drug-likeness (QED) is 0.804. The molecule has 0 aromatic rings. The molecule has 2 saturated heterocycles. The van der Waals surface area contributed by atoms with Gasteiger partial charge in [-0.3, -0.25) is 4.79 Å². The van der Waals surface area contributed by atoms with Crippen LogP contribution in [0.5, 0.6) is 0 Å². The summed E-state index contributed by atoms with van der Waals surface area (Å²) in [6, 6.07) is -0.268. The molecule has 2 fully saturated rings. The molecule has 2 aliphatic rings. The number of rotatable bonds is 2. The Labute approximate surface area is 119 Å². The fraction of sp³-hybridized carbons (Fsp3) is 0.857. The van der Waals surface area contributed by atoms with Crippen LogP contribution in [0, 0.1) is 5.41 Å². The van der Waals surface area contributed by atoms with Gasteiger partial charge < -0.3 is 20.1 Å². The van der Waals surface area contributed by atoms with Gasteiger partial charge in [-0.05, 0) is 40.0 Å². The van der Waals surface area contributed by atoms with E-state index in [1.807, 2.05) is 18.7 Å². The van der Waals surface area contributed by atoms with Crippen molar-refractivity contribution in [2.75, 3.05) is 13.2 Å². The zero-order valence-electron chi connectivity index (χ0n) is 12.4. The molecule has 4 atom stereocenters. The fourth-order valence-electron chi connectivity index (χ4n) is 3.13. The molecule has 0 bridgehead atoms. The highest BCUT2D eigenvalue weighted by Gasteiger charge is 2.48. The lowest BCUT2D eigenvalue weighted by atomic mass is 9.85. The Hall–Kier alpha value is -1.30. The normalized spacial score (nSPS) is 37.8. The van der Waals surface area contributed by atoms with Crippen molar-refractivity contribution in [2.45, 2.75) is 58.2 Å². The summed E-state index contributed by atoms with van der Waals surface area (Å²) in [6.07, 6.45) is 3.12. The van der Waals surface area contributed by atoms with Crippen LogP contribution in [0.25, 0.3) is 0 Å². The van der Waals surface area contributed by atoms with Crippen molar-refractivity contribution in [3.8, 4) is 0 Å². The highest BCUT2D eigenvalue weighted by atomic mass is 16.5. The van der Waals surface area contributed by atoms with Crippen LogP contribution in [0.2, 0.25) is 0 Å². The third-order valence-electron chi connectivity index (χ3n) is 4.67. The third-order valence-corrected chi connectivity index (χ3v) is 4.67. The molecule has 2 unspecified atom stereocenters. The lowest BCUT2D eigenvalue weighted by molar-refractivity contribution is -0.148. The number of carbonyl (C=O) groups excluding carboxylic acids is 1. The van der Waals surface area contributed by atoms with E-state index in [9.17, 15) is 14.7 Å². The minimum absolute atomic E-state index is 0.137. The van der Waals surface area contributed by atoms with Crippen molar-refractivity contribution in [3.05, 3.63) is 0 Å². The Balaban J connectivity index is 2.05. The van der Waals surface area contributed by atoms with Gasteiger partial charge in [-0.2, -0.15) is 0 Å². The van der Waals surface area contributed by atoms with Crippen LogP contribution < -0.4 is 5.32 Å². The van der Waals surface area contributed by atoms with Crippen molar-refractivity contribution in [2.24, 2.45) is 5.41 Å². The Morgan fingerprint density at radius 3 is 2.45 bits per heavy atom. The smallest absolute Gasteiger partial charge is 0.318 e. The SMILES string of the molecule is C[C@@H]1CCC[C@H](C)N1C(=O)NC1COCC1(C)C(=O)O. The number of likely N-dealkylation sites (tertiary alicyclic amines) is 1. The molecule has 2 amide bonds. The van der Waals surface area contributed by atoms with E-state index in [1.54, 1.807) is 6.92 Å². The summed E-state index contributed by atoms with van der Waals surface area (Å²) in [5.74, 6) is -0.931. The van der Waals surface area contributed by atoms with E-state index >= 15 is 0 Å². The molecule has 0 saturated carbocycles. The average Bonchev–Trinajstić information content (AvgIpc) is 2.72. The van der Waals surface area contributed by atoms with Crippen LogP contribution in [0.15, 0.2) is 0 Å². The van der Waals surface area contributed by atoms with Crippen molar-refractivity contribution in [1.29, 1.82) is 0 Å².